The van der Waals surface area contributed by atoms with Crippen LogP contribution in [-0.2, 0) is 13.0 Å². The fourth-order valence-electron chi connectivity index (χ4n) is 2.02. The molecule has 0 spiro atoms. The van der Waals surface area contributed by atoms with E-state index < -0.39 is 0 Å². The van der Waals surface area contributed by atoms with Crippen molar-refractivity contribution in [2.45, 2.75) is 26.8 Å². The molecule has 0 fully saturated rings. The second-order valence-electron chi connectivity index (χ2n) is 4.89. The Kier molecular flexibility index (Phi) is 8.02. The van der Waals surface area contributed by atoms with E-state index in [0.717, 1.165) is 21.9 Å². The molecule has 0 unspecified atom stereocenters. The highest BCUT2D eigenvalue weighted by Crippen LogP contribution is 2.20. The van der Waals surface area contributed by atoms with E-state index in [9.17, 15) is 4.79 Å². The summed E-state index contributed by atoms with van der Waals surface area (Å²) < 4.78 is 5.61. The van der Waals surface area contributed by atoms with Crippen molar-refractivity contribution < 1.29 is 9.53 Å². The van der Waals surface area contributed by atoms with Crippen LogP contribution in [0.4, 0.5) is 0 Å². The Bertz CT molecular complexity index is 646. The van der Waals surface area contributed by atoms with Crippen LogP contribution in [0.25, 0.3) is 0 Å². The molecule has 3 N–H and O–H groups in total. The summed E-state index contributed by atoms with van der Waals surface area (Å²) in [5, 5.41) is 5.53. The quantitative estimate of drug-likeness (QED) is 0.800. The van der Waals surface area contributed by atoms with Crippen LogP contribution < -0.4 is 15.8 Å². The molecular formula is C16H22ClN3O2S. The molecule has 0 radical (unpaired) electrons. The maximum absolute atomic E-state index is 12.1. The largest absolute Gasteiger partial charge is 0.494 e. The van der Waals surface area contributed by atoms with Crippen molar-refractivity contribution in [3.8, 4) is 5.75 Å². The predicted octanol–water partition coefficient (Wildman–Crippen LogP) is 2.70. The first-order valence-electron chi connectivity index (χ1n) is 7.29. The summed E-state index contributed by atoms with van der Waals surface area (Å²) >= 11 is 1.46. The van der Waals surface area contributed by atoms with Gasteiger partial charge in [-0.2, -0.15) is 0 Å². The van der Waals surface area contributed by atoms with Crippen LogP contribution >= 0.6 is 23.7 Å². The van der Waals surface area contributed by atoms with E-state index in [1.165, 1.54) is 11.3 Å². The first-order valence-corrected chi connectivity index (χ1v) is 8.17. The number of hydrogen-bond donors (Lipinski definition) is 2. The Labute approximate surface area is 146 Å². The van der Waals surface area contributed by atoms with Crippen LogP contribution in [-0.4, -0.2) is 24.0 Å². The number of carbonyl (C=O) groups is 1. The van der Waals surface area contributed by atoms with Crippen LogP contribution in [0.2, 0.25) is 0 Å². The molecule has 0 aliphatic rings. The maximum Gasteiger partial charge on any atom is 0.271 e. The van der Waals surface area contributed by atoms with Gasteiger partial charge in [-0.05, 0) is 32.0 Å². The molecule has 0 saturated carbocycles. The number of nitrogens with two attached hydrogens (primary N) is 1. The zero-order chi connectivity index (χ0) is 15.9. The summed E-state index contributed by atoms with van der Waals surface area (Å²) in [5.74, 6) is 0.632. The SMILES string of the molecule is CCOc1cc(C)ccc1CNC(=O)c1csc(CCN)n1.Cl. The number of benzene rings is 1. The van der Waals surface area contributed by atoms with E-state index in [4.69, 9.17) is 10.5 Å². The Hall–Kier alpha value is -1.63. The van der Waals surface area contributed by atoms with E-state index in [1.54, 1.807) is 5.38 Å². The highest BCUT2D eigenvalue weighted by molar-refractivity contribution is 7.09. The number of rotatable bonds is 7. The smallest absolute Gasteiger partial charge is 0.271 e. The molecule has 0 bridgehead atoms. The van der Waals surface area contributed by atoms with Crippen molar-refractivity contribution >= 4 is 29.7 Å². The highest BCUT2D eigenvalue weighted by Gasteiger charge is 2.11. The summed E-state index contributed by atoms with van der Waals surface area (Å²) in [5.41, 5.74) is 8.02. The minimum absolute atomic E-state index is 0. The third kappa shape index (κ3) is 5.49. The second-order valence-corrected chi connectivity index (χ2v) is 5.83. The van der Waals surface area contributed by atoms with Crippen LogP contribution in [0, 0.1) is 6.92 Å². The van der Waals surface area contributed by atoms with Gasteiger partial charge in [-0.3, -0.25) is 4.79 Å². The van der Waals surface area contributed by atoms with Gasteiger partial charge in [0, 0.05) is 23.9 Å². The Morgan fingerprint density at radius 1 is 1.43 bits per heavy atom. The Morgan fingerprint density at radius 2 is 2.22 bits per heavy atom. The van der Waals surface area contributed by atoms with Gasteiger partial charge in [0.2, 0.25) is 0 Å². The van der Waals surface area contributed by atoms with Gasteiger partial charge in [0.25, 0.3) is 5.91 Å². The van der Waals surface area contributed by atoms with E-state index in [1.807, 2.05) is 32.0 Å². The summed E-state index contributed by atoms with van der Waals surface area (Å²) in [6.07, 6.45) is 0.699. The molecule has 1 amide bonds. The molecule has 2 aromatic rings. The molecule has 0 aliphatic carbocycles. The van der Waals surface area contributed by atoms with E-state index in [0.29, 0.717) is 31.8 Å². The lowest BCUT2D eigenvalue weighted by atomic mass is 10.1. The monoisotopic (exact) mass is 355 g/mol. The number of thiazole rings is 1. The number of carbonyl (C=O) groups excluding carboxylic acids is 1. The molecule has 23 heavy (non-hydrogen) atoms. The van der Waals surface area contributed by atoms with Crippen LogP contribution in [0.3, 0.4) is 0 Å². The minimum atomic E-state index is -0.178. The van der Waals surface area contributed by atoms with Crippen molar-refractivity contribution in [1.82, 2.24) is 10.3 Å². The topological polar surface area (TPSA) is 77.2 Å². The minimum Gasteiger partial charge on any atom is -0.494 e. The lowest BCUT2D eigenvalue weighted by Crippen LogP contribution is -2.23. The molecule has 0 atom stereocenters. The third-order valence-electron chi connectivity index (χ3n) is 3.10. The second kappa shape index (κ2) is 9.50. The van der Waals surface area contributed by atoms with Gasteiger partial charge in [0.1, 0.15) is 11.4 Å². The number of aryl methyl sites for hydroxylation is 1. The van der Waals surface area contributed by atoms with Crippen LogP contribution in [0.5, 0.6) is 5.75 Å². The van der Waals surface area contributed by atoms with Crippen molar-refractivity contribution in [2.75, 3.05) is 13.2 Å². The summed E-state index contributed by atoms with van der Waals surface area (Å²) in [6, 6.07) is 5.96. The molecule has 1 heterocycles. The van der Waals surface area contributed by atoms with Crippen LogP contribution in [0.15, 0.2) is 23.6 Å². The average Bonchev–Trinajstić information content (AvgIpc) is 2.96. The fourth-order valence-corrected chi connectivity index (χ4v) is 2.81. The maximum atomic E-state index is 12.1. The van der Waals surface area contributed by atoms with Gasteiger partial charge >= 0.3 is 0 Å². The van der Waals surface area contributed by atoms with E-state index >= 15 is 0 Å². The van der Waals surface area contributed by atoms with Gasteiger partial charge in [-0.1, -0.05) is 12.1 Å². The molecular weight excluding hydrogens is 334 g/mol. The lowest BCUT2D eigenvalue weighted by molar-refractivity contribution is 0.0946. The third-order valence-corrected chi connectivity index (χ3v) is 4.01. The molecule has 5 nitrogen and oxygen atoms in total. The van der Waals surface area contributed by atoms with Gasteiger partial charge in [-0.25, -0.2) is 4.98 Å². The van der Waals surface area contributed by atoms with E-state index in [2.05, 4.69) is 10.3 Å². The van der Waals surface area contributed by atoms with Crippen molar-refractivity contribution in [3.05, 3.63) is 45.4 Å². The summed E-state index contributed by atoms with van der Waals surface area (Å²) in [4.78, 5) is 16.4. The number of halogens is 1. The predicted molar refractivity (Wildman–Crippen MR) is 95.6 cm³/mol. The normalized spacial score (nSPS) is 10.0. The van der Waals surface area contributed by atoms with Crippen LogP contribution in [0.1, 0.15) is 33.5 Å². The first kappa shape index (κ1) is 19.4. The zero-order valence-electron chi connectivity index (χ0n) is 13.3. The standard InChI is InChI=1S/C16H21N3O2S.ClH/c1-3-21-14-8-11(2)4-5-12(14)9-18-16(20)13-10-22-15(19-13)6-7-17;/h4-5,8,10H,3,6-7,9,17H2,1-2H3,(H,18,20);1H. The molecule has 0 aliphatic heterocycles. The average molecular weight is 356 g/mol. The first-order chi connectivity index (χ1) is 10.6. The number of ether oxygens (including phenoxy) is 1. The zero-order valence-corrected chi connectivity index (χ0v) is 14.9. The number of hydrogen-bond acceptors (Lipinski definition) is 5. The van der Waals surface area contributed by atoms with Gasteiger partial charge in [-0.15, -0.1) is 23.7 Å². The number of nitrogens with one attached hydrogen (secondary N) is 1. The summed E-state index contributed by atoms with van der Waals surface area (Å²) in [6.45, 7) is 5.50. The van der Waals surface area contributed by atoms with Gasteiger partial charge in [0.05, 0.1) is 11.6 Å². The van der Waals surface area contributed by atoms with Crippen molar-refractivity contribution in [2.24, 2.45) is 5.73 Å². The highest BCUT2D eigenvalue weighted by atomic mass is 35.5. The lowest BCUT2D eigenvalue weighted by Gasteiger charge is -2.11. The fraction of sp³-hybridized carbons (Fsp3) is 0.375. The van der Waals surface area contributed by atoms with Crippen molar-refractivity contribution in [3.63, 3.8) is 0 Å². The summed E-state index contributed by atoms with van der Waals surface area (Å²) in [7, 11) is 0. The van der Waals surface area contributed by atoms with E-state index in [-0.39, 0.29) is 18.3 Å². The molecule has 2 rings (SSSR count). The molecule has 126 valence electrons. The number of aromatic nitrogens is 1. The molecule has 7 heteroatoms. The van der Waals surface area contributed by atoms with Crippen molar-refractivity contribution in [1.29, 1.82) is 0 Å². The Morgan fingerprint density at radius 3 is 2.91 bits per heavy atom. The molecule has 1 aromatic carbocycles. The molecule has 0 saturated heterocycles. The van der Waals surface area contributed by atoms with Gasteiger partial charge < -0.3 is 15.8 Å². The Balaban J connectivity index is 0.00000264. The number of nitrogens with zero attached hydrogens (tertiary/aromatic N) is 1. The van der Waals surface area contributed by atoms with Gasteiger partial charge in [0.15, 0.2) is 0 Å². The molecule has 1 aromatic heterocycles. The number of amides is 1.